The topological polar surface area (TPSA) is 188 Å². The third-order valence-electron chi connectivity index (χ3n) is 11.6. The van der Waals surface area contributed by atoms with Crippen molar-refractivity contribution >= 4 is 45.9 Å². The minimum absolute atomic E-state index is 0.152. The van der Waals surface area contributed by atoms with E-state index in [0.717, 1.165) is 66.7 Å². The lowest BCUT2D eigenvalue weighted by atomic mass is 9.93. The van der Waals surface area contributed by atoms with E-state index in [0.29, 0.717) is 24.7 Å². The van der Waals surface area contributed by atoms with Gasteiger partial charge in [-0.2, -0.15) is 0 Å². The number of fused-ring (bicyclic) bond motifs is 5. The number of H-pyrrole nitrogens is 2. The third-order valence-corrected chi connectivity index (χ3v) is 11.6. The second-order valence-corrected chi connectivity index (χ2v) is 16.6. The number of aromatic nitrogens is 4. The first-order chi connectivity index (χ1) is 29.3. The number of alkyl carbamates (subject to hydrolysis) is 2. The lowest BCUT2D eigenvalue weighted by molar-refractivity contribution is -0.135. The zero-order valence-corrected chi connectivity index (χ0v) is 35.5. The van der Waals surface area contributed by atoms with Crippen LogP contribution in [0.3, 0.4) is 0 Å². The summed E-state index contributed by atoms with van der Waals surface area (Å²) in [5.74, 6) is 0.506. The first-order valence-corrected chi connectivity index (χ1v) is 20.4. The summed E-state index contributed by atoms with van der Waals surface area (Å²) >= 11 is 0. The molecule has 4 N–H and O–H groups in total. The third kappa shape index (κ3) is 7.60. The molecule has 4 amide bonds. The predicted molar refractivity (Wildman–Crippen MR) is 230 cm³/mol. The van der Waals surface area contributed by atoms with Crippen molar-refractivity contribution in [1.82, 2.24) is 40.4 Å². The zero-order valence-electron chi connectivity index (χ0n) is 35.5. The fourth-order valence-electron chi connectivity index (χ4n) is 8.47. The molecule has 6 heterocycles. The maximum atomic E-state index is 13.8. The van der Waals surface area contributed by atoms with Crippen LogP contribution in [-0.2, 0) is 19.1 Å². The number of methoxy groups -OCH3 is 2. The Morgan fingerprint density at radius 3 is 1.59 bits per heavy atom. The number of ether oxygens (including phenoxy) is 2. The standard InChI is InChI=1S/C46H50N8O7/c1-23(2)39(51-45(57)59-7)43(55)53-21-25(5)17-33(53)41-47-19-31(49-41)28-11-9-27(10-12-28)29-13-14-30(38-36-16-15-35(61-36)37(29)38)32-20-48-42(50-32)34-18-26(6)22-54(34)44(56)40(24(3)4)52-46(58)60-8/h9-20,23-24,33-34,39-40H,21-22H2,1-8H3,(H,47,49)(H,48,50)(H,51,57)(H,52,58)/t33-,34-,39-,40-/m0/s1. The number of rotatable bonds is 11. The lowest BCUT2D eigenvalue weighted by Gasteiger charge is -2.30. The van der Waals surface area contributed by atoms with Crippen LogP contribution in [0.1, 0.15) is 65.3 Å². The Morgan fingerprint density at radius 2 is 1.10 bits per heavy atom. The van der Waals surface area contributed by atoms with Gasteiger partial charge in [0.05, 0.1) is 38.0 Å². The molecule has 4 atom stereocenters. The van der Waals surface area contributed by atoms with E-state index >= 15 is 0 Å². The van der Waals surface area contributed by atoms with Gasteiger partial charge in [-0.05, 0) is 54.5 Å². The maximum absolute atomic E-state index is 13.8. The molecule has 2 aliphatic rings. The van der Waals surface area contributed by atoms with Gasteiger partial charge in [-0.25, -0.2) is 19.6 Å². The molecule has 4 aromatic heterocycles. The Balaban J connectivity index is 1.04. The molecule has 0 saturated heterocycles. The molecule has 15 nitrogen and oxygen atoms in total. The van der Waals surface area contributed by atoms with Crippen LogP contribution in [0.25, 0.3) is 55.6 Å². The van der Waals surface area contributed by atoms with Crippen LogP contribution in [0.2, 0.25) is 0 Å². The number of aromatic amines is 2. The zero-order chi connectivity index (χ0) is 43.3. The van der Waals surface area contributed by atoms with Crippen molar-refractivity contribution in [3.63, 3.8) is 0 Å². The van der Waals surface area contributed by atoms with Crippen molar-refractivity contribution in [3.8, 4) is 33.6 Å². The van der Waals surface area contributed by atoms with Gasteiger partial charge in [-0.3, -0.25) is 9.59 Å². The first kappa shape index (κ1) is 40.9. The quantitative estimate of drug-likeness (QED) is 0.0942. The SMILES string of the molecule is COC(=O)N[C@H](C(=O)N1CC(C)=C[C@H]1c1ncc(-c2ccc(-c3ccc(-c4cnc([C@@H]5C=C(C)CN5C(=O)[C@@H](NC(=O)OC)C(C)C)[nH]4)c4c5ccc(o5)c34)cc2)[nH]1)C(C)C. The Morgan fingerprint density at radius 1 is 0.656 bits per heavy atom. The molecule has 316 valence electrons. The van der Waals surface area contributed by atoms with Crippen molar-refractivity contribution in [2.24, 2.45) is 11.8 Å². The minimum Gasteiger partial charge on any atom is -0.456 e. The first-order valence-electron chi connectivity index (χ1n) is 20.4. The number of carbonyl (C=O) groups is 4. The number of hydrogen-bond donors (Lipinski definition) is 4. The highest BCUT2D eigenvalue weighted by Crippen LogP contribution is 2.44. The van der Waals surface area contributed by atoms with Crippen molar-refractivity contribution in [3.05, 3.63) is 95.9 Å². The number of benzene rings is 3. The van der Waals surface area contributed by atoms with Gasteiger partial charge in [-0.1, -0.05) is 87.4 Å². The van der Waals surface area contributed by atoms with E-state index in [4.69, 9.17) is 23.9 Å². The van der Waals surface area contributed by atoms with Crippen LogP contribution in [0, 0.1) is 11.8 Å². The molecule has 2 aliphatic heterocycles. The monoisotopic (exact) mass is 826 g/mol. The molecule has 15 heteroatoms. The number of carbonyl (C=O) groups excluding carboxylic acids is 4. The molecule has 61 heavy (non-hydrogen) atoms. The van der Waals surface area contributed by atoms with Crippen LogP contribution in [0.5, 0.6) is 0 Å². The largest absolute Gasteiger partial charge is 0.456 e. The van der Waals surface area contributed by atoms with Crippen molar-refractivity contribution in [1.29, 1.82) is 0 Å². The summed E-state index contributed by atoms with van der Waals surface area (Å²) in [7, 11) is 2.56. The van der Waals surface area contributed by atoms with Crippen LogP contribution in [0.4, 0.5) is 9.59 Å². The predicted octanol–water partition coefficient (Wildman–Crippen LogP) is 7.89. The van der Waals surface area contributed by atoms with Gasteiger partial charge in [0, 0.05) is 29.4 Å². The fraction of sp³-hybridized carbons (Fsp3) is 0.348. The summed E-state index contributed by atoms with van der Waals surface area (Å²) in [4.78, 5) is 71.7. The van der Waals surface area contributed by atoms with E-state index in [2.05, 4.69) is 44.9 Å². The molecule has 2 aromatic carbocycles. The number of hydrogen-bond acceptors (Lipinski definition) is 9. The molecule has 8 rings (SSSR count). The molecule has 6 aromatic rings. The molecule has 0 saturated carbocycles. The van der Waals surface area contributed by atoms with E-state index in [9.17, 15) is 19.2 Å². The summed E-state index contributed by atoms with van der Waals surface area (Å²) in [5, 5.41) is 7.34. The Kier molecular flexibility index (Phi) is 10.9. The molecule has 0 aliphatic carbocycles. The molecule has 0 radical (unpaired) electrons. The minimum atomic E-state index is -0.762. The van der Waals surface area contributed by atoms with Gasteiger partial charge in [0.15, 0.2) is 0 Å². The molecule has 2 bridgehead atoms. The molecular formula is C46H50N8O7. The van der Waals surface area contributed by atoms with E-state index in [1.807, 2.05) is 78.0 Å². The van der Waals surface area contributed by atoms with Crippen LogP contribution < -0.4 is 10.6 Å². The highest BCUT2D eigenvalue weighted by Gasteiger charge is 2.38. The summed E-state index contributed by atoms with van der Waals surface area (Å²) in [6.45, 7) is 12.3. The van der Waals surface area contributed by atoms with Gasteiger partial charge in [-0.15, -0.1) is 0 Å². The van der Waals surface area contributed by atoms with Gasteiger partial charge in [0.25, 0.3) is 0 Å². The molecular weight excluding hydrogens is 777 g/mol. The Hall–Kier alpha value is -6.90. The lowest BCUT2D eigenvalue weighted by Crippen LogP contribution is -2.51. The van der Waals surface area contributed by atoms with E-state index in [-0.39, 0.29) is 23.7 Å². The smallest absolute Gasteiger partial charge is 0.407 e. The van der Waals surface area contributed by atoms with Crippen molar-refractivity contribution in [2.45, 2.75) is 65.7 Å². The normalized spacial score (nSPS) is 17.6. The van der Waals surface area contributed by atoms with E-state index in [1.165, 1.54) is 14.2 Å². The maximum Gasteiger partial charge on any atom is 0.407 e. The number of imidazole rings is 2. The molecule has 0 unspecified atom stereocenters. The van der Waals surface area contributed by atoms with Crippen LogP contribution >= 0.6 is 0 Å². The van der Waals surface area contributed by atoms with Gasteiger partial charge in [0.1, 0.15) is 47.0 Å². The summed E-state index contributed by atoms with van der Waals surface area (Å²) < 4.78 is 15.8. The second-order valence-electron chi connectivity index (χ2n) is 16.6. The average molecular weight is 827 g/mol. The van der Waals surface area contributed by atoms with E-state index in [1.54, 1.807) is 22.2 Å². The van der Waals surface area contributed by atoms with Crippen LogP contribution in [0.15, 0.2) is 88.6 Å². The second kappa shape index (κ2) is 16.3. The Labute approximate surface area is 352 Å². The summed E-state index contributed by atoms with van der Waals surface area (Å²) in [6, 6.07) is 14.0. The number of furan rings is 2. The average Bonchev–Trinajstić information content (AvgIpc) is 4.12. The van der Waals surface area contributed by atoms with Gasteiger partial charge >= 0.3 is 12.2 Å². The summed E-state index contributed by atoms with van der Waals surface area (Å²) in [5.41, 5.74) is 9.02. The number of nitrogens with one attached hydrogen (secondary N) is 4. The van der Waals surface area contributed by atoms with Crippen molar-refractivity contribution < 1.29 is 33.1 Å². The van der Waals surface area contributed by atoms with E-state index < -0.39 is 36.4 Å². The Bertz CT molecular complexity index is 2690. The van der Waals surface area contributed by atoms with Crippen molar-refractivity contribution in [2.75, 3.05) is 27.3 Å². The van der Waals surface area contributed by atoms with Crippen LogP contribution in [-0.4, -0.2) is 93.1 Å². The highest BCUT2D eigenvalue weighted by atomic mass is 16.5. The fourth-order valence-corrected chi connectivity index (χ4v) is 8.47. The highest BCUT2D eigenvalue weighted by molar-refractivity contribution is 6.19. The molecule has 0 spiro atoms. The molecule has 0 fully saturated rings. The summed E-state index contributed by atoms with van der Waals surface area (Å²) in [6.07, 6.45) is 6.29. The van der Waals surface area contributed by atoms with Gasteiger partial charge < -0.3 is 44.3 Å². The van der Waals surface area contributed by atoms with Gasteiger partial charge in [0.2, 0.25) is 11.8 Å². The number of nitrogens with zero attached hydrogens (tertiary/aromatic N) is 4. The number of amides is 4.